The second kappa shape index (κ2) is 5.30. The predicted molar refractivity (Wildman–Crippen MR) is 81.3 cm³/mol. The molecular weight excluding hydrogens is 322 g/mol. The van der Waals surface area contributed by atoms with Crippen LogP contribution in [0.5, 0.6) is 0 Å². The molecule has 1 aromatic rings. The SMILES string of the molecule is Cc1cc(Br)cc2c1N(CCOC(C)(C)C)C(=O)C2=O. The number of carbonyl (C=O) groups is 2. The van der Waals surface area contributed by atoms with E-state index in [1.54, 1.807) is 6.07 Å². The summed E-state index contributed by atoms with van der Waals surface area (Å²) in [7, 11) is 0. The number of amides is 1. The Morgan fingerprint density at radius 3 is 2.50 bits per heavy atom. The van der Waals surface area contributed by atoms with Crippen LogP contribution in [-0.2, 0) is 9.53 Å². The van der Waals surface area contributed by atoms with Crippen molar-refractivity contribution < 1.29 is 14.3 Å². The van der Waals surface area contributed by atoms with E-state index in [4.69, 9.17) is 4.74 Å². The second-order valence-electron chi connectivity index (χ2n) is 5.87. The van der Waals surface area contributed by atoms with Gasteiger partial charge in [0.2, 0.25) is 0 Å². The molecular formula is C15H18BrNO3. The maximum Gasteiger partial charge on any atom is 0.299 e. The van der Waals surface area contributed by atoms with Gasteiger partial charge < -0.3 is 9.64 Å². The predicted octanol–water partition coefficient (Wildman–Crippen LogP) is 3.10. The minimum atomic E-state index is -0.473. The van der Waals surface area contributed by atoms with Crippen molar-refractivity contribution in [2.75, 3.05) is 18.1 Å². The number of fused-ring (bicyclic) bond motifs is 1. The normalized spacial score (nSPS) is 14.9. The number of ether oxygens (including phenoxy) is 1. The molecule has 1 amide bonds. The maximum atomic E-state index is 12.1. The lowest BCUT2D eigenvalue weighted by Crippen LogP contribution is -2.35. The highest BCUT2D eigenvalue weighted by Gasteiger charge is 2.37. The quantitative estimate of drug-likeness (QED) is 0.795. The highest BCUT2D eigenvalue weighted by Crippen LogP contribution is 2.34. The largest absolute Gasteiger partial charge is 0.374 e. The average molecular weight is 340 g/mol. The minimum Gasteiger partial charge on any atom is -0.374 e. The molecule has 2 rings (SSSR count). The van der Waals surface area contributed by atoms with Gasteiger partial charge in [0.25, 0.3) is 11.7 Å². The Morgan fingerprint density at radius 1 is 1.25 bits per heavy atom. The molecule has 0 N–H and O–H groups in total. The topological polar surface area (TPSA) is 46.6 Å². The third-order valence-corrected chi connectivity index (χ3v) is 3.53. The molecule has 0 atom stereocenters. The fraction of sp³-hybridized carbons (Fsp3) is 0.467. The molecule has 0 unspecified atom stereocenters. The number of halogens is 1. The first-order valence-corrected chi connectivity index (χ1v) is 7.30. The number of aryl methyl sites for hydroxylation is 1. The van der Waals surface area contributed by atoms with Crippen molar-refractivity contribution in [3.8, 4) is 0 Å². The first-order valence-electron chi connectivity index (χ1n) is 6.51. The van der Waals surface area contributed by atoms with Crippen LogP contribution in [-0.4, -0.2) is 30.4 Å². The molecule has 0 bridgehead atoms. The van der Waals surface area contributed by atoms with Crippen molar-refractivity contribution >= 4 is 33.3 Å². The molecule has 1 heterocycles. The lowest BCUT2D eigenvalue weighted by molar-refractivity contribution is -0.114. The molecule has 1 aliphatic heterocycles. The smallest absolute Gasteiger partial charge is 0.299 e. The van der Waals surface area contributed by atoms with Crippen LogP contribution in [0.4, 0.5) is 5.69 Å². The van der Waals surface area contributed by atoms with Crippen molar-refractivity contribution in [1.29, 1.82) is 0 Å². The van der Waals surface area contributed by atoms with E-state index < -0.39 is 11.7 Å². The summed E-state index contributed by atoms with van der Waals surface area (Å²) >= 11 is 3.36. The number of anilines is 1. The number of hydrogen-bond donors (Lipinski definition) is 0. The Balaban J connectivity index is 2.25. The maximum absolute atomic E-state index is 12.1. The third-order valence-electron chi connectivity index (χ3n) is 3.07. The number of carbonyl (C=O) groups excluding carboxylic acids is 2. The van der Waals surface area contributed by atoms with Gasteiger partial charge in [0.15, 0.2) is 0 Å². The van der Waals surface area contributed by atoms with Gasteiger partial charge in [-0.25, -0.2) is 0 Å². The number of Topliss-reactive ketones (excluding diaryl/α,β-unsaturated/α-hetero) is 1. The molecule has 20 heavy (non-hydrogen) atoms. The van der Waals surface area contributed by atoms with Gasteiger partial charge >= 0.3 is 0 Å². The summed E-state index contributed by atoms with van der Waals surface area (Å²) in [6.45, 7) is 8.56. The summed E-state index contributed by atoms with van der Waals surface area (Å²) in [5.41, 5.74) is 1.83. The molecule has 0 saturated heterocycles. The fourth-order valence-electron chi connectivity index (χ4n) is 2.26. The highest BCUT2D eigenvalue weighted by molar-refractivity contribution is 9.10. The van der Waals surface area contributed by atoms with Crippen molar-refractivity contribution in [3.05, 3.63) is 27.7 Å². The van der Waals surface area contributed by atoms with Crippen LogP contribution in [0.2, 0.25) is 0 Å². The van der Waals surface area contributed by atoms with Crippen molar-refractivity contribution in [1.82, 2.24) is 0 Å². The lowest BCUT2D eigenvalue weighted by Gasteiger charge is -2.23. The van der Waals surface area contributed by atoms with Crippen LogP contribution in [0, 0.1) is 6.92 Å². The van der Waals surface area contributed by atoms with E-state index in [0.717, 1.165) is 10.0 Å². The van der Waals surface area contributed by atoms with E-state index >= 15 is 0 Å². The molecule has 0 fully saturated rings. The summed E-state index contributed by atoms with van der Waals surface area (Å²) in [6, 6.07) is 3.61. The Labute approximate surface area is 127 Å². The summed E-state index contributed by atoms with van der Waals surface area (Å²) < 4.78 is 6.45. The third kappa shape index (κ3) is 2.94. The number of benzene rings is 1. The zero-order chi connectivity index (χ0) is 15.1. The Kier molecular flexibility index (Phi) is 4.02. The molecule has 108 valence electrons. The van der Waals surface area contributed by atoms with Crippen LogP contribution in [0.15, 0.2) is 16.6 Å². The van der Waals surface area contributed by atoms with Crippen molar-refractivity contribution in [3.63, 3.8) is 0 Å². The summed E-state index contributed by atoms with van der Waals surface area (Å²) in [5, 5.41) is 0. The van der Waals surface area contributed by atoms with Crippen LogP contribution < -0.4 is 4.90 Å². The van der Waals surface area contributed by atoms with Gasteiger partial charge in [0.05, 0.1) is 23.5 Å². The summed E-state index contributed by atoms with van der Waals surface area (Å²) in [4.78, 5) is 25.6. The lowest BCUT2D eigenvalue weighted by atomic mass is 10.1. The molecule has 1 aliphatic rings. The standard InChI is InChI=1S/C15H18BrNO3/c1-9-7-10(16)8-11-12(9)17(14(19)13(11)18)5-6-20-15(2,3)4/h7-8H,5-6H2,1-4H3. The van der Waals surface area contributed by atoms with Gasteiger partial charge in [-0.1, -0.05) is 15.9 Å². The zero-order valence-corrected chi connectivity index (χ0v) is 13.7. The molecule has 0 saturated carbocycles. The second-order valence-corrected chi connectivity index (χ2v) is 6.78. The minimum absolute atomic E-state index is 0.260. The molecule has 5 heteroatoms. The summed E-state index contributed by atoms with van der Waals surface area (Å²) in [6.07, 6.45) is 0. The Morgan fingerprint density at radius 2 is 1.90 bits per heavy atom. The first-order chi connectivity index (χ1) is 9.20. The van der Waals surface area contributed by atoms with Gasteiger partial charge in [-0.05, 0) is 45.4 Å². The molecule has 0 aromatic heterocycles. The Bertz CT molecular complexity index is 575. The molecule has 0 radical (unpaired) electrons. The van der Waals surface area contributed by atoms with Gasteiger partial charge in [-0.2, -0.15) is 0 Å². The molecule has 1 aromatic carbocycles. The number of nitrogens with zero attached hydrogens (tertiary/aromatic N) is 1. The van der Waals surface area contributed by atoms with Crippen LogP contribution in [0.25, 0.3) is 0 Å². The zero-order valence-electron chi connectivity index (χ0n) is 12.1. The van der Waals surface area contributed by atoms with E-state index in [2.05, 4.69) is 15.9 Å². The summed E-state index contributed by atoms with van der Waals surface area (Å²) in [5.74, 6) is -0.918. The molecule has 4 nitrogen and oxygen atoms in total. The van der Waals surface area contributed by atoms with Gasteiger partial charge in [0, 0.05) is 11.0 Å². The van der Waals surface area contributed by atoms with Crippen molar-refractivity contribution in [2.45, 2.75) is 33.3 Å². The van der Waals surface area contributed by atoms with Crippen LogP contribution >= 0.6 is 15.9 Å². The van der Waals surface area contributed by atoms with E-state index in [-0.39, 0.29) is 5.60 Å². The Hall–Kier alpha value is -1.20. The van der Waals surface area contributed by atoms with E-state index in [0.29, 0.717) is 24.4 Å². The number of rotatable bonds is 3. The van der Waals surface area contributed by atoms with Crippen molar-refractivity contribution in [2.24, 2.45) is 0 Å². The van der Waals surface area contributed by atoms with E-state index in [1.807, 2.05) is 33.8 Å². The van der Waals surface area contributed by atoms with Crippen LogP contribution in [0.1, 0.15) is 36.7 Å². The molecule has 0 aliphatic carbocycles. The van der Waals surface area contributed by atoms with Crippen LogP contribution in [0.3, 0.4) is 0 Å². The number of ketones is 1. The fourth-order valence-corrected chi connectivity index (χ4v) is 2.83. The first kappa shape index (κ1) is 15.2. The van der Waals surface area contributed by atoms with E-state index in [9.17, 15) is 9.59 Å². The number of hydrogen-bond acceptors (Lipinski definition) is 3. The van der Waals surface area contributed by atoms with E-state index in [1.165, 1.54) is 4.90 Å². The van der Waals surface area contributed by atoms with Gasteiger partial charge in [-0.3, -0.25) is 9.59 Å². The molecule has 0 spiro atoms. The highest BCUT2D eigenvalue weighted by atomic mass is 79.9. The monoisotopic (exact) mass is 339 g/mol. The average Bonchev–Trinajstić information content (AvgIpc) is 2.53. The van der Waals surface area contributed by atoms with Gasteiger partial charge in [-0.15, -0.1) is 0 Å². The van der Waals surface area contributed by atoms with Gasteiger partial charge in [0.1, 0.15) is 0 Å².